The molecule has 4 saturated carbocycles. The Balaban J connectivity index is 1.84. The molecule has 4 bridgehead atoms. The number of nitrogens with zero attached hydrogens (tertiary/aromatic N) is 2. The van der Waals surface area contributed by atoms with Crippen LogP contribution in [-0.4, -0.2) is 29.4 Å². The topological polar surface area (TPSA) is 131 Å². The lowest BCUT2D eigenvalue weighted by Gasteiger charge is -2.70. The number of hydrogen-bond donors (Lipinski definition) is 1. The molecule has 9 heteroatoms. The van der Waals surface area contributed by atoms with E-state index in [1.807, 2.05) is 0 Å². The lowest BCUT2D eigenvalue weighted by Crippen LogP contribution is -2.62. The van der Waals surface area contributed by atoms with Crippen molar-refractivity contribution in [3.05, 3.63) is 20.2 Å². The lowest BCUT2D eigenvalue weighted by atomic mass is 9.35. The van der Waals surface area contributed by atoms with E-state index >= 15 is 0 Å². The Bertz CT molecular complexity index is 564. The van der Waals surface area contributed by atoms with Gasteiger partial charge in [0, 0.05) is 0 Å². The summed E-state index contributed by atoms with van der Waals surface area (Å²) in [5.41, 5.74) is 6.45. The molecule has 4 aliphatic rings. The van der Waals surface area contributed by atoms with Crippen LogP contribution < -0.4 is 5.73 Å². The molecule has 4 aliphatic carbocycles. The van der Waals surface area contributed by atoms with Gasteiger partial charge in [-0.25, -0.2) is 0 Å². The molecule has 0 radical (unpaired) electrons. The Morgan fingerprint density at radius 1 is 0.960 bits per heavy atom. The molecule has 0 aliphatic heterocycles. The van der Waals surface area contributed by atoms with E-state index in [-0.39, 0.29) is 21.7 Å². The van der Waals surface area contributed by atoms with Crippen LogP contribution in [0.5, 0.6) is 0 Å². The summed E-state index contributed by atoms with van der Waals surface area (Å²) in [5, 5.41) is 19.5. The molecule has 9 nitrogen and oxygen atoms in total. The summed E-state index contributed by atoms with van der Waals surface area (Å²) < 4.78 is 0. The highest BCUT2D eigenvalue weighted by Crippen LogP contribution is 2.74. The zero-order chi connectivity index (χ0) is 18.5. The van der Waals surface area contributed by atoms with Crippen molar-refractivity contribution in [1.82, 2.24) is 0 Å². The van der Waals surface area contributed by atoms with Gasteiger partial charge in [0.25, 0.3) is 10.2 Å². The van der Waals surface area contributed by atoms with Crippen molar-refractivity contribution >= 4 is 0 Å². The Morgan fingerprint density at radius 3 is 2.00 bits per heavy atom. The van der Waals surface area contributed by atoms with Gasteiger partial charge in [-0.05, 0) is 73.2 Å². The molecule has 3 atom stereocenters. The summed E-state index contributed by atoms with van der Waals surface area (Å²) in [6.07, 6.45) is 5.65. The number of hydrogen-bond acceptors (Lipinski definition) is 7. The van der Waals surface area contributed by atoms with Crippen LogP contribution >= 0.6 is 0 Å². The predicted molar refractivity (Wildman–Crippen MR) is 87.3 cm³/mol. The van der Waals surface area contributed by atoms with Gasteiger partial charge in [0.1, 0.15) is 12.7 Å². The van der Waals surface area contributed by atoms with Crippen LogP contribution in [0.15, 0.2) is 0 Å². The molecule has 2 N–H and O–H groups in total. The number of rotatable bonds is 8. The van der Waals surface area contributed by atoms with E-state index in [9.17, 15) is 20.2 Å². The lowest BCUT2D eigenvalue weighted by molar-refractivity contribution is -0.790. The van der Waals surface area contributed by atoms with E-state index in [4.69, 9.17) is 10.6 Å². The van der Waals surface area contributed by atoms with Crippen LogP contribution in [0.3, 0.4) is 0 Å². The van der Waals surface area contributed by atoms with Crippen LogP contribution in [0.4, 0.5) is 0 Å². The summed E-state index contributed by atoms with van der Waals surface area (Å²) >= 11 is 0. The van der Waals surface area contributed by atoms with Crippen LogP contribution in [0.25, 0.3) is 0 Å². The molecule has 0 spiro atoms. The average molecular weight is 357 g/mol. The van der Waals surface area contributed by atoms with E-state index < -0.39 is 22.9 Å². The molecular weight excluding hydrogens is 330 g/mol. The van der Waals surface area contributed by atoms with E-state index in [1.54, 1.807) is 0 Å². The highest BCUT2D eigenvalue weighted by atomic mass is 17.0. The van der Waals surface area contributed by atoms with Crippen molar-refractivity contribution in [2.75, 3.05) is 13.2 Å². The maximum atomic E-state index is 10.8. The van der Waals surface area contributed by atoms with Crippen LogP contribution in [-0.2, 0) is 9.68 Å². The standard InChI is InChI=1S/C16H27N3O6/c1-13-5-14(2)7-15(6-13,10-16(8-13,9-14)11-17)3-12(25-19(22)23)4-24-18(20)21/h12H,3-11,17H2,1-2H3. The normalized spacial score (nSPS) is 42.8. The fourth-order valence-corrected chi connectivity index (χ4v) is 7.51. The summed E-state index contributed by atoms with van der Waals surface area (Å²) in [5.74, 6) is 0. The third kappa shape index (κ3) is 3.51. The summed E-state index contributed by atoms with van der Waals surface area (Å²) in [7, 11) is 0. The largest absolute Gasteiger partial charge is 0.330 e. The highest BCUT2D eigenvalue weighted by molar-refractivity contribution is 5.15. The molecule has 0 heterocycles. The first kappa shape index (κ1) is 18.2. The third-order valence-corrected chi connectivity index (χ3v) is 6.51. The SMILES string of the molecule is CC12CC3(C)CC(CN)(C1)CC(CC(CO[N+](=O)[O-])O[N+](=O)[O-])(C2)C3. The summed E-state index contributed by atoms with van der Waals surface area (Å²) in [4.78, 5) is 30.4. The van der Waals surface area contributed by atoms with Gasteiger partial charge in [-0.2, -0.15) is 0 Å². The molecule has 0 saturated heterocycles. The fraction of sp³-hybridized carbons (Fsp3) is 1.00. The molecule has 142 valence electrons. The van der Waals surface area contributed by atoms with Crippen molar-refractivity contribution in [2.24, 2.45) is 27.4 Å². The fourth-order valence-electron chi connectivity index (χ4n) is 7.51. The Kier molecular flexibility index (Phi) is 4.13. The predicted octanol–water partition coefficient (Wildman–Crippen LogP) is 2.49. The van der Waals surface area contributed by atoms with Crippen LogP contribution in [0, 0.1) is 41.9 Å². The third-order valence-electron chi connectivity index (χ3n) is 6.51. The number of nitrogens with two attached hydrogens (primary N) is 1. The zero-order valence-corrected chi connectivity index (χ0v) is 14.9. The quantitative estimate of drug-likeness (QED) is 0.521. The second-order valence-corrected chi connectivity index (χ2v) is 9.56. The summed E-state index contributed by atoms with van der Waals surface area (Å²) in [6.45, 7) is 4.78. The Morgan fingerprint density at radius 2 is 1.52 bits per heavy atom. The second kappa shape index (κ2) is 5.69. The van der Waals surface area contributed by atoms with Crippen molar-refractivity contribution in [1.29, 1.82) is 0 Å². The van der Waals surface area contributed by atoms with E-state index in [0.717, 1.165) is 38.5 Å². The van der Waals surface area contributed by atoms with Gasteiger partial charge in [0.15, 0.2) is 0 Å². The van der Waals surface area contributed by atoms with Crippen molar-refractivity contribution in [3.8, 4) is 0 Å². The smallest absolute Gasteiger partial charge is 0.294 e. The first-order chi connectivity index (χ1) is 11.5. The molecule has 25 heavy (non-hydrogen) atoms. The molecular formula is C16H27N3O6. The molecule has 0 aromatic rings. The van der Waals surface area contributed by atoms with Gasteiger partial charge in [-0.1, -0.05) is 13.8 Å². The maximum absolute atomic E-state index is 10.8. The van der Waals surface area contributed by atoms with Gasteiger partial charge >= 0.3 is 0 Å². The first-order valence-corrected chi connectivity index (χ1v) is 8.79. The van der Waals surface area contributed by atoms with Crippen LogP contribution in [0.1, 0.15) is 58.8 Å². The molecule has 0 aromatic heterocycles. The van der Waals surface area contributed by atoms with Crippen molar-refractivity contribution in [3.63, 3.8) is 0 Å². The van der Waals surface area contributed by atoms with Crippen molar-refractivity contribution < 1.29 is 19.8 Å². The van der Waals surface area contributed by atoms with Gasteiger partial charge < -0.3 is 15.4 Å². The minimum Gasteiger partial charge on any atom is -0.330 e. The van der Waals surface area contributed by atoms with E-state index in [1.165, 1.54) is 0 Å². The highest BCUT2D eigenvalue weighted by Gasteiger charge is 2.65. The minimum absolute atomic E-state index is 0.0708. The monoisotopic (exact) mass is 357 g/mol. The molecule has 4 fully saturated rings. The van der Waals surface area contributed by atoms with Crippen LogP contribution in [0.2, 0.25) is 0 Å². The molecule has 3 unspecified atom stereocenters. The van der Waals surface area contributed by atoms with Gasteiger partial charge in [0.05, 0.1) is 0 Å². The second-order valence-electron chi connectivity index (χ2n) is 9.56. The van der Waals surface area contributed by atoms with Gasteiger partial charge in [-0.3, -0.25) is 0 Å². The molecule has 0 aromatic carbocycles. The van der Waals surface area contributed by atoms with Gasteiger partial charge in [0.2, 0.25) is 0 Å². The first-order valence-electron chi connectivity index (χ1n) is 8.79. The summed E-state index contributed by atoms with van der Waals surface area (Å²) in [6, 6.07) is 0. The van der Waals surface area contributed by atoms with Crippen molar-refractivity contribution in [2.45, 2.75) is 64.9 Å². The molecule has 4 rings (SSSR count). The van der Waals surface area contributed by atoms with Gasteiger partial charge in [-0.15, -0.1) is 20.2 Å². The van der Waals surface area contributed by atoms with E-state index in [0.29, 0.717) is 13.0 Å². The molecule has 0 amide bonds. The minimum atomic E-state index is -0.932. The Labute approximate surface area is 146 Å². The average Bonchev–Trinajstić information content (AvgIpc) is 2.39. The maximum Gasteiger partial charge on any atom is 0.294 e. The zero-order valence-electron chi connectivity index (χ0n) is 14.9. The Hall–Kier alpha value is -1.64. The van der Waals surface area contributed by atoms with E-state index in [2.05, 4.69) is 18.7 Å².